The molecule has 2 heterocycles. The fraction of sp³-hybridized carbons (Fsp3) is 0.611. The van der Waals surface area contributed by atoms with Crippen LogP contribution in [0.5, 0.6) is 5.75 Å². The van der Waals surface area contributed by atoms with Crippen LogP contribution in [-0.2, 0) is 4.79 Å². The number of carbonyl (C=O) groups excluding carboxylic acids is 1. The molecule has 0 aromatic heterocycles. The third kappa shape index (κ3) is 3.61. The van der Waals surface area contributed by atoms with Crippen molar-refractivity contribution >= 4 is 5.91 Å². The van der Waals surface area contributed by atoms with Crippen molar-refractivity contribution < 1.29 is 9.53 Å². The molecule has 3 rings (SSSR count). The van der Waals surface area contributed by atoms with Gasteiger partial charge in [0.25, 0.3) is 0 Å². The number of amides is 1. The first-order valence-corrected chi connectivity index (χ1v) is 8.41. The van der Waals surface area contributed by atoms with E-state index >= 15 is 0 Å². The fourth-order valence-corrected chi connectivity index (χ4v) is 3.77. The number of benzene rings is 1. The second kappa shape index (κ2) is 7.14. The molecule has 0 radical (unpaired) electrons. The normalized spacial score (nSPS) is 25.6. The van der Waals surface area contributed by atoms with Gasteiger partial charge in [-0.2, -0.15) is 0 Å². The monoisotopic (exact) mass is 302 g/mol. The standard InChI is InChI=1S/C18H26N2O2/c1-15(21)20-13-16-7-5-6-10-19(18(16)14-20)11-12-22-17-8-3-2-4-9-17/h2-4,8-9,16,18H,5-7,10-14H2,1H3/t16-,18+/m0/s1. The molecule has 1 aromatic carbocycles. The van der Waals surface area contributed by atoms with Crippen molar-refractivity contribution in [2.45, 2.75) is 32.2 Å². The number of likely N-dealkylation sites (tertiary alicyclic amines) is 2. The molecule has 0 aliphatic carbocycles. The van der Waals surface area contributed by atoms with Gasteiger partial charge >= 0.3 is 0 Å². The number of ether oxygens (including phenoxy) is 1. The number of fused-ring (bicyclic) bond motifs is 1. The number of hydrogen-bond donors (Lipinski definition) is 0. The Morgan fingerprint density at radius 2 is 2.05 bits per heavy atom. The van der Waals surface area contributed by atoms with E-state index in [0.29, 0.717) is 18.6 Å². The Hall–Kier alpha value is -1.55. The van der Waals surface area contributed by atoms with Crippen molar-refractivity contribution in [2.75, 3.05) is 32.8 Å². The molecule has 4 nitrogen and oxygen atoms in total. The molecule has 2 aliphatic rings. The van der Waals surface area contributed by atoms with Gasteiger partial charge in [-0.1, -0.05) is 24.6 Å². The third-order valence-electron chi connectivity index (χ3n) is 4.98. The minimum Gasteiger partial charge on any atom is -0.492 e. The zero-order valence-electron chi connectivity index (χ0n) is 13.4. The van der Waals surface area contributed by atoms with E-state index in [4.69, 9.17) is 4.74 Å². The zero-order valence-corrected chi connectivity index (χ0v) is 13.4. The quantitative estimate of drug-likeness (QED) is 0.856. The summed E-state index contributed by atoms with van der Waals surface area (Å²) in [6, 6.07) is 10.5. The van der Waals surface area contributed by atoms with E-state index in [0.717, 1.165) is 31.9 Å². The Bertz CT molecular complexity index is 491. The van der Waals surface area contributed by atoms with E-state index in [2.05, 4.69) is 4.90 Å². The Morgan fingerprint density at radius 3 is 2.82 bits per heavy atom. The average Bonchev–Trinajstić information content (AvgIpc) is 2.87. The summed E-state index contributed by atoms with van der Waals surface area (Å²) in [6.07, 6.45) is 3.80. The van der Waals surface area contributed by atoms with Crippen molar-refractivity contribution in [1.82, 2.24) is 9.80 Å². The van der Waals surface area contributed by atoms with E-state index in [9.17, 15) is 4.79 Å². The highest BCUT2D eigenvalue weighted by molar-refractivity contribution is 5.73. The van der Waals surface area contributed by atoms with E-state index in [1.807, 2.05) is 35.2 Å². The van der Waals surface area contributed by atoms with E-state index < -0.39 is 0 Å². The second-order valence-corrected chi connectivity index (χ2v) is 6.44. The number of carbonyl (C=O) groups is 1. The highest BCUT2D eigenvalue weighted by Gasteiger charge is 2.38. The Balaban J connectivity index is 1.56. The van der Waals surface area contributed by atoms with Crippen LogP contribution in [0.4, 0.5) is 0 Å². The fourth-order valence-electron chi connectivity index (χ4n) is 3.77. The van der Waals surface area contributed by atoms with Gasteiger partial charge < -0.3 is 9.64 Å². The molecular weight excluding hydrogens is 276 g/mol. The smallest absolute Gasteiger partial charge is 0.219 e. The lowest BCUT2D eigenvalue weighted by atomic mass is 9.98. The first-order chi connectivity index (χ1) is 10.7. The highest BCUT2D eigenvalue weighted by Crippen LogP contribution is 2.29. The predicted octanol–water partition coefficient (Wildman–Crippen LogP) is 2.40. The van der Waals surface area contributed by atoms with Crippen LogP contribution >= 0.6 is 0 Å². The maximum atomic E-state index is 11.7. The largest absolute Gasteiger partial charge is 0.492 e. The summed E-state index contributed by atoms with van der Waals surface area (Å²) in [5.74, 6) is 1.79. The van der Waals surface area contributed by atoms with Crippen molar-refractivity contribution in [3.63, 3.8) is 0 Å². The Morgan fingerprint density at radius 1 is 1.23 bits per heavy atom. The summed E-state index contributed by atoms with van der Waals surface area (Å²) in [5.41, 5.74) is 0. The third-order valence-corrected chi connectivity index (χ3v) is 4.98. The maximum Gasteiger partial charge on any atom is 0.219 e. The van der Waals surface area contributed by atoms with Crippen molar-refractivity contribution in [3.8, 4) is 5.75 Å². The highest BCUT2D eigenvalue weighted by atomic mass is 16.5. The van der Waals surface area contributed by atoms with E-state index in [1.54, 1.807) is 6.92 Å². The molecule has 0 unspecified atom stereocenters. The summed E-state index contributed by atoms with van der Waals surface area (Å²) >= 11 is 0. The number of rotatable bonds is 4. The van der Waals surface area contributed by atoms with Crippen LogP contribution in [0.25, 0.3) is 0 Å². The summed E-state index contributed by atoms with van der Waals surface area (Å²) in [5, 5.41) is 0. The van der Waals surface area contributed by atoms with E-state index in [1.165, 1.54) is 19.3 Å². The van der Waals surface area contributed by atoms with Crippen molar-refractivity contribution in [2.24, 2.45) is 5.92 Å². The zero-order chi connectivity index (χ0) is 15.4. The molecule has 2 saturated heterocycles. The first kappa shape index (κ1) is 15.3. The van der Waals surface area contributed by atoms with E-state index in [-0.39, 0.29) is 5.91 Å². The molecule has 2 atom stereocenters. The molecule has 0 bridgehead atoms. The summed E-state index contributed by atoms with van der Waals surface area (Å²) in [7, 11) is 0. The first-order valence-electron chi connectivity index (χ1n) is 8.41. The lowest BCUT2D eigenvalue weighted by molar-refractivity contribution is -0.128. The number of nitrogens with zero attached hydrogens (tertiary/aromatic N) is 2. The Labute approximate surface area is 133 Å². The van der Waals surface area contributed by atoms with Crippen LogP contribution in [0.2, 0.25) is 0 Å². The SMILES string of the molecule is CC(=O)N1C[C@@H]2CCCCN(CCOc3ccccc3)[C@@H]2C1. The van der Waals surface area contributed by atoms with Gasteiger partial charge in [0, 0.05) is 32.6 Å². The number of hydrogen-bond acceptors (Lipinski definition) is 3. The molecule has 2 aliphatic heterocycles. The van der Waals surface area contributed by atoms with Gasteiger partial charge in [-0.3, -0.25) is 9.69 Å². The topological polar surface area (TPSA) is 32.8 Å². The molecule has 22 heavy (non-hydrogen) atoms. The van der Waals surface area contributed by atoms with Crippen molar-refractivity contribution in [3.05, 3.63) is 30.3 Å². The van der Waals surface area contributed by atoms with Gasteiger partial charge in [-0.05, 0) is 37.4 Å². The minimum atomic E-state index is 0.216. The van der Waals surface area contributed by atoms with Gasteiger partial charge in [-0.25, -0.2) is 0 Å². The van der Waals surface area contributed by atoms with Gasteiger partial charge in [-0.15, -0.1) is 0 Å². The predicted molar refractivity (Wildman–Crippen MR) is 86.9 cm³/mol. The van der Waals surface area contributed by atoms with Gasteiger partial charge in [0.05, 0.1) is 0 Å². The van der Waals surface area contributed by atoms with Crippen LogP contribution in [0.1, 0.15) is 26.2 Å². The molecule has 4 heteroatoms. The molecule has 0 spiro atoms. The van der Waals surface area contributed by atoms with Gasteiger partial charge in [0.2, 0.25) is 5.91 Å². The average molecular weight is 302 g/mol. The van der Waals surface area contributed by atoms with Crippen LogP contribution < -0.4 is 4.74 Å². The minimum absolute atomic E-state index is 0.216. The molecule has 1 aromatic rings. The molecule has 120 valence electrons. The number of para-hydroxylation sites is 1. The van der Waals surface area contributed by atoms with Crippen LogP contribution in [0.3, 0.4) is 0 Å². The molecule has 0 saturated carbocycles. The molecule has 1 amide bonds. The van der Waals surface area contributed by atoms with Gasteiger partial charge in [0.1, 0.15) is 12.4 Å². The summed E-state index contributed by atoms with van der Waals surface area (Å²) < 4.78 is 5.85. The van der Waals surface area contributed by atoms with Crippen LogP contribution in [0.15, 0.2) is 30.3 Å². The van der Waals surface area contributed by atoms with Gasteiger partial charge in [0.15, 0.2) is 0 Å². The summed E-state index contributed by atoms with van der Waals surface area (Å²) in [4.78, 5) is 16.2. The molecule has 0 N–H and O–H groups in total. The molecule has 2 fully saturated rings. The van der Waals surface area contributed by atoms with Crippen molar-refractivity contribution in [1.29, 1.82) is 0 Å². The molecular formula is C18H26N2O2. The summed E-state index contributed by atoms with van der Waals surface area (Å²) in [6.45, 7) is 6.32. The second-order valence-electron chi connectivity index (χ2n) is 6.44. The van der Waals surface area contributed by atoms with Crippen LogP contribution in [0, 0.1) is 5.92 Å². The Kier molecular flexibility index (Phi) is 4.98. The maximum absolute atomic E-state index is 11.7. The lowest BCUT2D eigenvalue weighted by Crippen LogP contribution is -2.42. The van der Waals surface area contributed by atoms with Crippen LogP contribution in [-0.4, -0.2) is 54.5 Å². The lowest BCUT2D eigenvalue weighted by Gasteiger charge is -2.29.